The van der Waals surface area contributed by atoms with Crippen molar-refractivity contribution in [2.75, 3.05) is 12.3 Å². The fraction of sp³-hybridized carbons (Fsp3) is 0.308. The maximum absolute atomic E-state index is 12.5. The zero-order chi connectivity index (χ0) is 26.3. The Kier molecular flexibility index (Phi) is 8.80. The monoisotopic (exact) mass is 511 g/mol. The van der Waals surface area contributed by atoms with Gasteiger partial charge in [-0.25, -0.2) is 18.5 Å². The van der Waals surface area contributed by atoms with E-state index < -0.39 is 16.1 Å². The topological polar surface area (TPSA) is 160 Å². The smallest absolute Gasteiger partial charge is 0.238 e. The predicted molar refractivity (Wildman–Crippen MR) is 139 cm³/mol. The summed E-state index contributed by atoms with van der Waals surface area (Å²) in [5, 5.41) is 21.8. The number of hydrogen-bond donors (Lipinski definition) is 5. The second kappa shape index (κ2) is 11.6. The van der Waals surface area contributed by atoms with Crippen LogP contribution in [0.4, 0.5) is 5.82 Å². The van der Waals surface area contributed by atoms with Crippen LogP contribution in [-0.2, 0) is 34.2 Å². The van der Waals surface area contributed by atoms with Gasteiger partial charge in [0.2, 0.25) is 15.9 Å². The average Bonchev–Trinajstić information content (AvgIpc) is 2.81. The highest BCUT2D eigenvalue weighted by molar-refractivity contribution is 7.89. The molecule has 0 aliphatic carbocycles. The van der Waals surface area contributed by atoms with E-state index in [1.807, 2.05) is 24.3 Å². The molecule has 1 amide bonds. The van der Waals surface area contributed by atoms with Gasteiger partial charge in [0.25, 0.3) is 0 Å². The van der Waals surface area contributed by atoms with Gasteiger partial charge in [0.05, 0.1) is 17.4 Å². The number of aliphatic hydroxyl groups is 1. The highest BCUT2D eigenvalue weighted by atomic mass is 32.2. The molecule has 0 unspecified atom stereocenters. The number of primary sulfonamides is 1. The fourth-order valence-electron chi connectivity index (χ4n) is 3.77. The molecule has 1 aromatic heterocycles. The third-order valence-electron chi connectivity index (χ3n) is 5.71. The van der Waals surface area contributed by atoms with E-state index in [0.717, 1.165) is 16.7 Å². The SMILES string of the molecule is CC(C)(Cc1cccc(CC(=O)NCc2ccc(S(N)(=O)=O)cc2)c1)NC[C@@H](O)c1ccc(N)nc1. The normalized spacial score (nSPS) is 12.8. The number of anilines is 1. The number of aromatic nitrogens is 1. The second-order valence-electron chi connectivity index (χ2n) is 9.44. The summed E-state index contributed by atoms with van der Waals surface area (Å²) in [6.07, 6.45) is 1.79. The molecule has 0 saturated carbocycles. The van der Waals surface area contributed by atoms with Gasteiger partial charge in [0.15, 0.2) is 0 Å². The molecule has 3 aromatic rings. The number of aliphatic hydroxyl groups excluding tert-OH is 1. The molecule has 2 aromatic carbocycles. The summed E-state index contributed by atoms with van der Waals surface area (Å²) < 4.78 is 22.7. The van der Waals surface area contributed by atoms with Crippen molar-refractivity contribution in [3.05, 3.63) is 89.1 Å². The maximum Gasteiger partial charge on any atom is 0.238 e. The number of nitrogen functional groups attached to an aromatic ring is 1. The van der Waals surface area contributed by atoms with Crippen molar-refractivity contribution >= 4 is 21.7 Å². The van der Waals surface area contributed by atoms with Crippen molar-refractivity contribution in [1.82, 2.24) is 15.6 Å². The number of nitrogens with one attached hydrogen (secondary N) is 2. The molecule has 192 valence electrons. The van der Waals surface area contributed by atoms with Crippen LogP contribution in [-0.4, -0.2) is 36.5 Å². The summed E-state index contributed by atoms with van der Waals surface area (Å²) in [5.41, 5.74) is 8.73. The van der Waals surface area contributed by atoms with E-state index in [-0.39, 0.29) is 29.3 Å². The van der Waals surface area contributed by atoms with Crippen molar-refractivity contribution < 1.29 is 18.3 Å². The molecular formula is C26H33N5O4S. The summed E-state index contributed by atoms with van der Waals surface area (Å²) in [5.74, 6) is 0.270. The number of nitrogens with two attached hydrogens (primary N) is 2. The minimum atomic E-state index is -3.74. The molecule has 9 nitrogen and oxygen atoms in total. The number of carbonyl (C=O) groups excluding carboxylic acids is 1. The van der Waals surface area contributed by atoms with E-state index in [2.05, 4.69) is 29.5 Å². The number of hydrogen-bond acceptors (Lipinski definition) is 7. The van der Waals surface area contributed by atoms with E-state index in [9.17, 15) is 18.3 Å². The minimum absolute atomic E-state index is 0.0311. The van der Waals surface area contributed by atoms with Crippen LogP contribution >= 0.6 is 0 Å². The van der Waals surface area contributed by atoms with Gasteiger partial charge in [-0.2, -0.15) is 0 Å². The molecule has 1 heterocycles. The number of carbonyl (C=O) groups is 1. The van der Waals surface area contributed by atoms with Gasteiger partial charge in [-0.3, -0.25) is 4.79 Å². The first kappa shape index (κ1) is 27.3. The number of nitrogens with zero attached hydrogens (tertiary/aromatic N) is 1. The van der Waals surface area contributed by atoms with Crippen LogP contribution in [0.2, 0.25) is 0 Å². The highest BCUT2D eigenvalue weighted by Gasteiger charge is 2.20. The number of pyridine rings is 1. The van der Waals surface area contributed by atoms with Crippen molar-refractivity contribution in [2.24, 2.45) is 5.14 Å². The summed E-state index contributed by atoms with van der Waals surface area (Å²) in [6, 6.07) is 17.3. The lowest BCUT2D eigenvalue weighted by Crippen LogP contribution is -2.43. The lowest BCUT2D eigenvalue weighted by Gasteiger charge is -2.28. The molecule has 0 radical (unpaired) electrons. The Hall–Kier alpha value is -3.31. The Labute approximate surface area is 212 Å². The molecule has 0 aliphatic heterocycles. The van der Waals surface area contributed by atoms with Crippen LogP contribution in [0, 0.1) is 0 Å². The van der Waals surface area contributed by atoms with E-state index >= 15 is 0 Å². The van der Waals surface area contributed by atoms with Crippen molar-refractivity contribution in [3.63, 3.8) is 0 Å². The van der Waals surface area contributed by atoms with Gasteiger partial charge >= 0.3 is 0 Å². The summed E-state index contributed by atoms with van der Waals surface area (Å²) >= 11 is 0. The van der Waals surface area contributed by atoms with Crippen LogP contribution < -0.4 is 21.5 Å². The first-order valence-corrected chi connectivity index (χ1v) is 13.1. The van der Waals surface area contributed by atoms with E-state index in [0.29, 0.717) is 24.3 Å². The number of β-amino-alcohol motifs (C(OH)–C–C–N with tert-alkyl or cyclic N) is 1. The summed E-state index contributed by atoms with van der Waals surface area (Å²) in [4.78, 5) is 16.5. The van der Waals surface area contributed by atoms with Crippen molar-refractivity contribution in [3.8, 4) is 0 Å². The first-order chi connectivity index (χ1) is 16.9. The average molecular weight is 512 g/mol. The number of amides is 1. The van der Waals surface area contributed by atoms with Crippen LogP contribution in [0.25, 0.3) is 0 Å². The predicted octanol–water partition coefficient (Wildman–Crippen LogP) is 1.81. The molecule has 7 N–H and O–H groups in total. The maximum atomic E-state index is 12.5. The molecule has 10 heteroatoms. The number of sulfonamides is 1. The first-order valence-electron chi connectivity index (χ1n) is 11.5. The molecule has 0 bridgehead atoms. The third-order valence-corrected chi connectivity index (χ3v) is 6.64. The van der Waals surface area contributed by atoms with E-state index in [1.165, 1.54) is 12.1 Å². The number of rotatable bonds is 11. The second-order valence-corrected chi connectivity index (χ2v) is 11.0. The van der Waals surface area contributed by atoms with Gasteiger partial charge in [-0.1, -0.05) is 42.5 Å². The van der Waals surface area contributed by atoms with Crippen LogP contribution in [0.1, 0.15) is 42.2 Å². The Morgan fingerprint density at radius 2 is 1.75 bits per heavy atom. The lowest BCUT2D eigenvalue weighted by atomic mass is 9.93. The Morgan fingerprint density at radius 1 is 1.06 bits per heavy atom. The summed E-state index contributed by atoms with van der Waals surface area (Å²) in [6.45, 7) is 4.76. The molecule has 0 fully saturated rings. The molecule has 1 atom stereocenters. The van der Waals surface area contributed by atoms with E-state index in [4.69, 9.17) is 10.9 Å². The zero-order valence-corrected chi connectivity index (χ0v) is 21.3. The Morgan fingerprint density at radius 3 is 2.39 bits per heavy atom. The largest absolute Gasteiger partial charge is 0.387 e. The molecule has 36 heavy (non-hydrogen) atoms. The highest BCUT2D eigenvalue weighted by Crippen LogP contribution is 2.18. The molecule has 0 spiro atoms. The number of benzene rings is 2. The fourth-order valence-corrected chi connectivity index (χ4v) is 4.29. The van der Waals surface area contributed by atoms with Gasteiger partial charge in [0.1, 0.15) is 5.82 Å². The molecule has 0 aliphatic rings. The molecular weight excluding hydrogens is 478 g/mol. The Balaban J connectivity index is 1.51. The minimum Gasteiger partial charge on any atom is -0.387 e. The van der Waals surface area contributed by atoms with Gasteiger partial charge in [-0.05, 0) is 55.2 Å². The van der Waals surface area contributed by atoms with Crippen LogP contribution in [0.3, 0.4) is 0 Å². The lowest BCUT2D eigenvalue weighted by molar-refractivity contribution is -0.120. The Bertz CT molecular complexity index is 1280. The van der Waals surface area contributed by atoms with Gasteiger partial charge < -0.3 is 21.5 Å². The van der Waals surface area contributed by atoms with Gasteiger partial charge in [-0.15, -0.1) is 0 Å². The zero-order valence-electron chi connectivity index (χ0n) is 20.4. The van der Waals surface area contributed by atoms with Crippen LogP contribution in [0.15, 0.2) is 71.8 Å². The van der Waals surface area contributed by atoms with Crippen molar-refractivity contribution in [2.45, 2.75) is 49.8 Å². The standard InChI is InChI=1S/C26H33N5O4S/c1-26(2,31-17-23(32)21-8-11-24(27)29-16-21)14-20-5-3-4-19(12-20)13-25(33)30-15-18-6-9-22(10-7-18)36(28,34)35/h3-12,16,23,31-32H,13-15,17H2,1-2H3,(H2,27,29)(H,30,33)(H2,28,34,35)/t23-/m1/s1. The summed E-state index contributed by atoms with van der Waals surface area (Å²) in [7, 11) is -3.74. The van der Waals surface area contributed by atoms with E-state index in [1.54, 1.807) is 30.5 Å². The quantitative estimate of drug-likeness (QED) is 0.262. The van der Waals surface area contributed by atoms with Gasteiger partial charge in [0, 0.05) is 30.4 Å². The molecule has 3 rings (SSSR count). The molecule has 0 saturated heterocycles. The third kappa shape index (κ3) is 8.42. The van der Waals surface area contributed by atoms with Crippen molar-refractivity contribution in [1.29, 1.82) is 0 Å². The van der Waals surface area contributed by atoms with Crippen LogP contribution in [0.5, 0.6) is 0 Å².